The zero-order valence-electron chi connectivity index (χ0n) is 12.3. The van der Waals surface area contributed by atoms with Crippen molar-refractivity contribution in [1.82, 2.24) is 15.1 Å². The molecule has 0 aliphatic carbocycles. The topological polar surface area (TPSA) is 52.7 Å². The number of carbonyl (C=O) groups excluding carboxylic acids is 2. The van der Waals surface area contributed by atoms with Crippen LogP contribution in [0.4, 0.5) is 0 Å². The average molecular weight is 310 g/mol. The number of nitrogens with one attached hydrogen (secondary N) is 1. The summed E-state index contributed by atoms with van der Waals surface area (Å²) < 4.78 is 0. The monoisotopic (exact) mass is 309 g/mol. The summed E-state index contributed by atoms with van der Waals surface area (Å²) >= 11 is 6.19. The minimum absolute atomic E-state index is 0.0290. The van der Waals surface area contributed by atoms with Crippen LogP contribution in [0.1, 0.15) is 18.5 Å². The van der Waals surface area contributed by atoms with Gasteiger partial charge in [-0.05, 0) is 25.6 Å². The van der Waals surface area contributed by atoms with Crippen molar-refractivity contribution < 1.29 is 9.59 Å². The van der Waals surface area contributed by atoms with Gasteiger partial charge in [-0.15, -0.1) is 0 Å². The predicted octanol–water partition coefficient (Wildman–Crippen LogP) is 1.29. The zero-order valence-corrected chi connectivity index (χ0v) is 13.1. The molecule has 0 radical (unpaired) electrons. The number of benzene rings is 1. The Kier molecular flexibility index (Phi) is 5.20. The molecule has 0 bridgehead atoms. The lowest BCUT2D eigenvalue weighted by Crippen LogP contribution is -2.52. The molecule has 0 saturated carbocycles. The highest BCUT2D eigenvalue weighted by Crippen LogP contribution is 2.25. The lowest BCUT2D eigenvalue weighted by Gasteiger charge is -2.31. The molecule has 1 aliphatic rings. The third kappa shape index (κ3) is 3.95. The van der Waals surface area contributed by atoms with E-state index in [1.807, 2.05) is 43.1 Å². The largest absolute Gasteiger partial charge is 0.353 e. The molecule has 6 heteroatoms. The van der Waals surface area contributed by atoms with Gasteiger partial charge in [0.1, 0.15) is 0 Å². The Morgan fingerprint density at radius 2 is 2.19 bits per heavy atom. The highest BCUT2D eigenvalue weighted by Gasteiger charge is 2.24. The molecule has 21 heavy (non-hydrogen) atoms. The minimum atomic E-state index is -0.101. The molecule has 2 rings (SSSR count). The normalized spacial score (nSPS) is 16.8. The number of likely N-dealkylation sites (N-methyl/N-ethyl adjacent to an activating group) is 1. The molecule has 2 amide bonds. The van der Waals surface area contributed by atoms with E-state index in [1.54, 1.807) is 4.90 Å². The minimum Gasteiger partial charge on any atom is -0.353 e. The molecule has 0 spiro atoms. The first-order valence-electron chi connectivity index (χ1n) is 6.98. The van der Waals surface area contributed by atoms with Crippen molar-refractivity contribution in [2.24, 2.45) is 0 Å². The molecular weight excluding hydrogens is 290 g/mol. The van der Waals surface area contributed by atoms with Gasteiger partial charge in [-0.25, -0.2) is 0 Å². The van der Waals surface area contributed by atoms with Crippen LogP contribution in [-0.2, 0) is 9.59 Å². The molecular formula is C15H20ClN3O2. The number of carbonyl (C=O) groups is 2. The number of halogens is 1. The highest BCUT2D eigenvalue weighted by molar-refractivity contribution is 6.31. The van der Waals surface area contributed by atoms with Gasteiger partial charge >= 0.3 is 0 Å². The van der Waals surface area contributed by atoms with Gasteiger partial charge in [0.2, 0.25) is 11.8 Å². The van der Waals surface area contributed by atoms with Crippen molar-refractivity contribution in [2.75, 3.05) is 33.2 Å². The SMILES string of the molecule is CC(c1ccccc1Cl)N(C)CC(=O)N1CCNC(=O)C1. The molecule has 1 aromatic rings. The van der Waals surface area contributed by atoms with Gasteiger partial charge in [0.25, 0.3) is 0 Å². The van der Waals surface area contributed by atoms with Gasteiger partial charge < -0.3 is 10.2 Å². The lowest BCUT2D eigenvalue weighted by molar-refractivity contribution is -0.139. The van der Waals surface area contributed by atoms with Crippen molar-refractivity contribution >= 4 is 23.4 Å². The molecule has 1 aromatic carbocycles. The number of hydrogen-bond acceptors (Lipinski definition) is 3. The maximum atomic E-state index is 12.2. The second kappa shape index (κ2) is 6.91. The van der Waals surface area contributed by atoms with Crippen molar-refractivity contribution in [3.8, 4) is 0 Å². The molecule has 5 nitrogen and oxygen atoms in total. The first-order valence-corrected chi connectivity index (χ1v) is 7.36. The van der Waals surface area contributed by atoms with Crippen LogP contribution in [0.15, 0.2) is 24.3 Å². The van der Waals surface area contributed by atoms with E-state index in [9.17, 15) is 9.59 Å². The van der Waals surface area contributed by atoms with E-state index in [4.69, 9.17) is 11.6 Å². The van der Waals surface area contributed by atoms with E-state index >= 15 is 0 Å². The second-order valence-electron chi connectivity index (χ2n) is 5.28. The van der Waals surface area contributed by atoms with Crippen LogP contribution in [0.25, 0.3) is 0 Å². The second-order valence-corrected chi connectivity index (χ2v) is 5.69. The Bertz CT molecular complexity index is 535. The molecule has 1 unspecified atom stereocenters. The molecule has 114 valence electrons. The quantitative estimate of drug-likeness (QED) is 0.912. The first-order chi connectivity index (χ1) is 9.99. The molecule has 1 heterocycles. The predicted molar refractivity (Wildman–Crippen MR) is 82.1 cm³/mol. The van der Waals surface area contributed by atoms with E-state index < -0.39 is 0 Å². The van der Waals surface area contributed by atoms with Gasteiger partial charge in [-0.3, -0.25) is 14.5 Å². The van der Waals surface area contributed by atoms with Gasteiger partial charge in [0.05, 0.1) is 13.1 Å². The summed E-state index contributed by atoms with van der Waals surface area (Å²) in [6.07, 6.45) is 0. The van der Waals surface area contributed by atoms with Crippen molar-refractivity contribution in [2.45, 2.75) is 13.0 Å². The van der Waals surface area contributed by atoms with Gasteiger partial charge in [-0.2, -0.15) is 0 Å². The van der Waals surface area contributed by atoms with E-state index in [1.165, 1.54) is 0 Å². The summed E-state index contributed by atoms with van der Waals surface area (Å²) in [5.41, 5.74) is 0.992. The van der Waals surface area contributed by atoms with Gasteiger partial charge in [0.15, 0.2) is 0 Å². The Labute approximate surface area is 129 Å². The van der Waals surface area contributed by atoms with Crippen LogP contribution < -0.4 is 5.32 Å². The molecule has 1 atom stereocenters. The lowest BCUT2D eigenvalue weighted by atomic mass is 10.1. The summed E-state index contributed by atoms with van der Waals surface area (Å²) in [5.74, 6) is -0.136. The van der Waals surface area contributed by atoms with Crippen LogP contribution in [0.2, 0.25) is 5.02 Å². The Balaban J connectivity index is 1.97. The van der Waals surface area contributed by atoms with Crippen LogP contribution in [0.5, 0.6) is 0 Å². The van der Waals surface area contributed by atoms with E-state index in [-0.39, 0.29) is 30.9 Å². The van der Waals surface area contributed by atoms with E-state index in [0.717, 1.165) is 5.56 Å². The summed E-state index contributed by atoms with van der Waals surface area (Å²) in [4.78, 5) is 27.1. The smallest absolute Gasteiger partial charge is 0.239 e. The molecule has 1 fully saturated rings. The van der Waals surface area contributed by atoms with Crippen molar-refractivity contribution in [3.05, 3.63) is 34.9 Å². The van der Waals surface area contributed by atoms with E-state index in [2.05, 4.69) is 5.32 Å². The van der Waals surface area contributed by atoms with Crippen LogP contribution in [0, 0.1) is 0 Å². The standard InChI is InChI=1S/C15H20ClN3O2/c1-11(12-5-3-4-6-13(12)16)18(2)10-15(21)19-8-7-17-14(20)9-19/h3-6,11H,7-10H2,1-2H3,(H,17,20). The number of piperazine rings is 1. The average Bonchev–Trinajstić information content (AvgIpc) is 2.47. The maximum Gasteiger partial charge on any atom is 0.239 e. The Hall–Kier alpha value is -1.59. The summed E-state index contributed by atoms with van der Waals surface area (Å²) in [5, 5.41) is 3.41. The Morgan fingerprint density at radius 3 is 2.86 bits per heavy atom. The maximum absolute atomic E-state index is 12.2. The zero-order chi connectivity index (χ0) is 15.4. The number of rotatable bonds is 4. The molecule has 1 aliphatic heterocycles. The van der Waals surface area contributed by atoms with Crippen molar-refractivity contribution in [3.63, 3.8) is 0 Å². The van der Waals surface area contributed by atoms with Crippen LogP contribution in [-0.4, -0.2) is 54.8 Å². The molecule has 1 saturated heterocycles. The van der Waals surface area contributed by atoms with E-state index in [0.29, 0.717) is 18.1 Å². The first kappa shape index (κ1) is 15.8. The third-order valence-corrected chi connectivity index (χ3v) is 4.14. The van der Waals surface area contributed by atoms with Gasteiger partial charge in [0, 0.05) is 24.2 Å². The Morgan fingerprint density at radius 1 is 1.48 bits per heavy atom. The van der Waals surface area contributed by atoms with Gasteiger partial charge in [-0.1, -0.05) is 29.8 Å². The number of hydrogen-bond donors (Lipinski definition) is 1. The summed E-state index contributed by atoms with van der Waals surface area (Å²) in [7, 11) is 1.88. The molecule has 1 N–H and O–H groups in total. The number of amides is 2. The fraction of sp³-hybridized carbons (Fsp3) is 0.467. The highest BCUT2D eigenvalue weighted by atomic mass is 35.5. The third-order valence-electron chi connectivity index (χ3n) is 3.79. The fourth-order valence-corrected chi connectivity index (χ4v) is 2.65. The summed E-state index contributed by atoms with van der Waals surface area (Å²) in [6.45, 7) is 3.51. The van der Waals surface area contributed by atoms with Crippen molar-refractivity contribution in [1.29, 1.82) is 0 Å². The summed E-state index contributed by atoms with van der Waals surface area (Å²) in [6, 6.07) is 7.65. The number of nitrogens with zero attached hydrogens (tertiary/aromatic N) is 2. The fourth-order valence-electron chi connectivity index (χ4n) is 2.35. The molecule has 0 aromatic heterocycles. The van der Waals surface area contributed by atoms with Crippen LogP contribution in [0.3, 0.4) is 0 Å². The van der Waals surface area contributed by atoms with Crippen LogP contribution >= 0.6 is 11.6 Å².